The van der Waals surface area contributed by atoms with Crippen molar-refractivity contribution in [2.75, 3.05) is 0 Å². The highest BCUT2D eigenvalue weighted by Crippen LogP contribution is 2.30. The lowest BCUT2D eigenvalue weighted by atomic mass is 10.0. The Kier molecular flexibility index (Phi) is 5.69. The zero-order valence-electron chi connectivity index (χ0n) is 12.3. The zero-order valence-corrected chi connectivity index (χ0v) is 13.1. The average Bonchev–Trinajstić information content (AvgIpc) is 2.50. The summed E-state index contributed by atoms with van der Waals surface area (Å²) in [5.74, 6) is 1.03. The van der Waals surface area contributed by atoms with Crippen molar-refractivity contribution in [1.82, 2.24) is 0 Å². The molecule has 2 aromatic rings. The highest BCUT2D eigenvalue weighted by molar-refractivity contribution is 7.99. The molecule has 106 valence electrons. The minimum Gasteiger partial charge on any atom is -0.323 e. The maximum atomic E-state index is 6.43. The fourth-order valence-electron chi connectivity index (χ4n) is 2.33. The molecule has 0 aromatic heterocycles. The van der Waals surface area contributed by atoms with E-state index in [2.05, 4.69) is 62.4 Å². The van der Waals surface area contributed by atoms with Crippen LogP contribution < -0.4 is 5.73 Å². The van der Waals surface area contributed by atoms with E-state index in [-0.39, 0.29) is 6.04 Å². The van der Waals surface area contributed by atoms with Crippen molar-refractivity contribution in [2.24, 2.45) is 5.73 Å². The quantitative estimate of drug-likeness (QED) is 0.832. The Morgan fingerprint density at radius 3 is 2.30 bits per heavy atom. The molecule has 0 fully saturated rings. The standard InChI is InChI=1S/C18H23NS/c1-3-17(18(19)15-10-5-4-6-11-15)20-13-16-12-8-7-9-14(16)2/h4-12,17-18H,3,13,19H2,1-2H3. The molecule has 0 amide bonds. The summed E-state index contributed by atoms with van der Waals surface area (Å²) in [6.45, 7) is 4.40. The average molecular weight is 285 g/mol. The number of thioether (sulfide) groups is 1. The summed E-state index contributed by atoms with van der Waals surface area (Å²) in [6.07, 6.45) is 1.09. The first kappa shape index (κ1) is 15.1. The number of nitrogens with two attached hydrogens (primary N) is 1. The summed E-state index contributed by atoms with van der Waals surface area (Å²) in [5.41, 5.74) is 10.4. The smallest absolute Gasteiger partial charge is 0.0415 e. The third kappa shape index (κ3) is 3.87. The minimum absolute atomic E-state index is 0.107. The molecule has 0 aliphatic heterocycles. The van der Waals surface area contributed by atoms with E-state index in [0.717, 1.165) is 12.2 Å². The van der Waals surface area contributed by atoms with Gasteiger partial charge in [-0.15, -0.1) is 0 Å². The van der Waals surface area contributed by atoms with Gasteiger partial charge in [0.15, 0.2) is 0 Å². The lowest BCUT2D eigenvalue weighted by Crippen LogP contribution is -2.23. The van der Waals surface area contributed by atoms with Crippen molar-refractivity contribution < 1.29 is 0 Å². The molecule has 0 bridgehead atoms. The topological polar surface area (TPSA) is 26.0 Å². The third-order valence-corrected chi connectivity index (χ3v) is 5.23. The Morgan fingerprint density at radius 2 is 1.65 bits per heavy atom. The molecule has 0 saturated carbocycles. The first-order valence-electron chi connectivity index (χ1n) is 7.19. The largest absolute Gasteiger partial charge is 0.323 e. The van der Waals surface area contributed by atoms with E-state index in [4.69, 9.17) is 5.73 Å². The predicted molar refractivity (Wildman–Crippen MR) is 89.9 cm³/mol. The molecular formula is C18H23NS. The molecule has 0 saturated heterocycles. The highest BCUT2D eigenvalue weighted by Gasteiger charge is 2.18. The zero-order chi connectivity index (χ0) is 14.4. The molecule has 0 radical (unpaired) electrons. The van der Waals surface area contributed by atoms with E-state index < -0.39 is 0 Å². The summed E-state index contributed by atoms with van der Waals surface area (Å²) in [4.78, 5) is 0. The van der Waals surface area contributed by atoms with Gasteiger partial charge in [0.25, 0.3) is 0 Å². The first-order chi connectivity index (χ1) is 9.72. The van der Waals surface area contributed by atoms with Crippen LogP contribution in [0.4, 0.5) is 0 Å². The van der Waals surface area contributed by atoms with Gasteiger partial charge >= 0.3 is 0 Å². The van der Waals surface area contributed by atoms with Crippen LogP contribution in [0.5, 0.6) is 0 Å². The van der Waals surface area contributed by atoms with Gasteiger partial charge in [0.2, 0.25) is 0 Å². The fourth-order valence-corrected chi connectivity index (χ4v) is 3.65. The Labute approximate surface area is 126 Å². The van der Waals surface area contributed by atoms with Crippen LogP contribution in [-0.4, -0.2) is 5.25 Å². The number of aryl methyl sites for hydroxylation is 1. The molecule has 2 rings (SSSR count). The number of rotatable bonds is 6. The minimum atomic E-state index is 0.107. The van der Waals surface area contributed by atoms with E-state index in [1.807, 2.05) is 17.8 Å². The van der Waals surface area contributed by atoms with Crippen molar-refractivity contribution >= 4 is 11.8 Å². The lowest BCUT2D eigenvalue weighted by molar-refractivity contribution is 0.656. The van der Waals surface area contributed by atoms with Gasteiger partial charge in [-0.25, -0.2) is 0 Å². The van der Waals surface area contributed by atoms with E-state index in [1.165, 1.54) is 16.7 Å². The monoisotopic (exact) mass is 285 g/mol. The molecule has 0 heterocycles. The van der Waals surface area contributed by atoms with Gasteiger partial charge in [-0.3, -0.25) is 0 Å². The summed E-state index contributed by atoms with van der Waals surface area (Å²) >= 11 is 1.97. The maximum absolute atomic E-state index is 6.43. The van der Waals surface area contributed by atoms with Crippen LogP contribution in [0, 0.1) is 6.92 Å². The van der Waals surface area contributed by atoms with Crippen LogP contribution in [0.3, 0.4) is 0 Å². The van der Waals surface area contributed by atoms with Crippen molar-refractivity contribution in [2.45, 2.75) is 37.3 Å². The van der Waals surface area contributed by atoms with Crippen LogP contribution in [-0.2, 0) is 5.75 Å². The summed E-state index contributed by atoms with van der Waals surface area (Å²) < 4.78 is 0. The molecule has 0 aliphatic carbocycles. The Balaban J connectivity index is 2.01. The predicted octanol–water partition coefficient (Wildman–Crippen LogP) is 4.71. The van der Waals surface area contributed by atoms with Gasteiger partial charge in [-0.05, 0) is 30.0 Å². The van der Waals surface area contributed by atoms with Crippen LogP contribution in [0.25, 0.3) is 0 Å². The van der Waals surface area contributed by atoms with Gasteiger partial charge in [0.1, 0.15) is 0 Å². The SMILES string of the molecule is CCC(SCc1ccccc1C)C(N)c1ccccc1. The van der Waals surface area contributed by atoms with Crippen LogP contribution >= 0.6 is 11.8 Å². The van der Waals surface area contributed by atoms with Crippen molar-refractivity contribution in [1.29, 1.82) is 0 Å². The molecule has 2 N–H and O–H groups in total. The third-order valence-electron chi connectivity index (χ3n) is 3.70. The molecule has 2 atom stereocenters. The number of hydrogen-bond donors (Lipinski definition) is 1. The lowest BCUT2D eigenvalue weighted by Gasteiger charge is -2.23. The number of benzene rings is 2. The van der Waals surface area contributed by atoms with Gasteiger partial charge in [0, 0.05) is 17.0 Å². The molecule has 0 spiro atoms. The molecule has 2 unspecified atom stereocenters. The van der Waals surface area contributed by atoms with Gasteiger partial charge < -0.3 is 5.73 Å². The van der Waals surface area contributed by atoms with E-state index in [9.17, 15) is 0 Å². The van der Waals surface area contributed by atoms with Crippen molar-refractivity contribution in [3.05, 3.63) is 71.3 Å². The molecule has 0 aliphatic rings. The second-order valence-electron chi connectivity index (χ2n) is 5.12. The molecular weight excluding hydrogens is 262 g/mol. The molecule has 20 heavy (non-hydrogen) atoms. The van der Waals surface area contributed by atoms with Gasteiger partial charge in [0.05, 0.1) is 0 Å². The Morgan fingerprint density at radius 1 is 1.00 bits per heavy atom. The first-order valence-corrected chi connectivity index (χ1v) is 8.24. The van der Waals surface area contributed by atoms with Crippen LogP contribution in [0.15, 0.2) is 54.6 Å². The second kappa shape index (κ2) is 7.51. The Hall–Kier alpha value is -1.25. The molecule has 1 nitrogen and oxygen atoms in total. The normalized spacial score (nSPS) is 13.9. The second-order valence-corrected chi connectivity index (χ2v) is 6.35. The summed E-state index contributed by atoms with van der Waals surface area (Å²) in [5, 5.41) is 0.456. The van der Waals surface area contributed by atoms with E-state index in [0.29, 0.717) is 5.25 Å². The van der Waals surface area contributed by atoms with Gasteiger partial charge in [-0.1, -0.05) is 61.5 Å². The van der Waals surface area contributed by atoms with Crippen LogP contribution in [0.2, 0.25) is 0 Å². The van der Waals surface area contributed by atoms with Crippen molar-refractivity contribution in [3.8, 4) is 0 Å². The van der Waals surface area contributed by atoms with Gasteiger partial charge in [-0.2, -0.15) is 11.8 Å². The Bertz CT molecular complexity index is 524. The summed E-state index contributed by atoms with van der Waals surface area (Å²) in [6, 6.07) is 19.1. The highest BCUT2D eigenvalue weighted by atomic mass is 32.2. The molecule has 2 heteroatoms. The maximum Gasteiger partial charge on any atom is 0.0415 e. The van der Waals surface area contributed by atoms with Crippen molar-refractivity contribution in [3.63, 3.8) is 0 Å². The van der Waals surface area contributed by atoms with E-state index in [1.54, 1.807) is 0 Å². The van der Waals surface area contributed by atoms with Crippen LogP contribution in [0.1, 0.15) is 36.1 Å². The molecule has 2 aromatic carbocycles. The summed E-state index contributed by atoms with van der Waals surface area (Å²) in [7, 11) is 0. The van der Waals surface area contributed by atoms with E-state index >= 15 is 0 Å². The fraction of sp³-hybridized carbons (Fsp3) is 0.333. The number of hydrogen-bond acceptors (Lipinski definition) is 2.